The van der Waals surface area contributed by atoms with Crippen molar-refractivity contribution in [1.29, 1.82) is 0 Å². The fraction of sp³-hybridized carbons (Fsp3) is 0. The van der Waals surface area contributed by atoms with Crippen molar-refractivity contribution in [2.75, 3.05) is 4.90 Å². The lowest BCUT2D eigenvalue weighted by molar-refractivity contribution is 0.645. The highest BCUT2D eigenvalue weighted by Crippen LogP contribution is 2.47. The fourth-order valence-corrected chi connectivity index (χ4v) is 9.37. The van der Waals surface area contributed by atoms with Crippen LogP contribution in [-0.2, 0) is 0 Å². The maximum Gasteiger partial charge on any atom is 0.213 e. The van der Waals surface area contributed by atoms with Crippen molar-refractivity contribution in [3.63, 3.8) is 0 Å². The second-order valence-electron chi connectivity index (χ2n) is 13.7. The van der Waals surface area contributed by atoms with Crippen LogP contribution in [0.25, 0.3) is 81.1 Å². The lowest BCUT2D eigenvalue weighted by atomic mass is 9.98. The second-order valence-corrected chi connectivity index (χ2v) is 14.7. The number of furan rings is 1. The van der Waals surface area contributed by atoms with Crippen molar-refractivity contribution in [2.24, 2.45) is 0 Å². The molecule has 0 bridgehead atoms. The summed E-state index contributed by atoms with van der Waals surface area (Å²) in [5.41, 5.74) is 12.0. The van der Waals surface area contributed by atoms with Crippen LogP contribution >= 0.6 is 11.3 Å². The first kappa shape index (κ1) is 30.7. The number of hydrogen-bond acceptors (Lipinski definition) is 3. The average Bonchev–Trinajstić information content (AvgIpc) is 3.91. The Hall–Kier alpha value is -6.88. The summed E-state index contributed by atoms with van der Waals surface area (Å²) in [7, 11) is 0. The number of benzene rings is 8. The van der Waals surface area contributed by atoms with Crippen LogP contribution in [0.5, 0.6) is 0 Å². The summed E-state index contributed by atoms with van der Waals surface area (Å²) in [5.74, 6) is 0. The molecule has 0 amide bonds. The predicted octanol–water partition coefficient (Wildman–Crippen LogP) is 14.7. The minimum atomic E-state index is 0.864. The molecule has 0 aliphatic carbocycles. The zero-order chi connectivity index (χ0) is 35.6. The summed E-state index contributed by atoms with van der Waals surface area (Å²) in [6.07, 6.45) is 0. The smallest absolute Gasteiger partial charge is 0.213 e. The van der Waals surface area contributed by atoms with E-state index in [-0.39, 0.29) is 0 Å². The van der Waals surface area contributed by atoms with E-state index in [9.17, 15) is 0 Å². The van der Waals surface area contributed by atoms with E-state index in [1.54, 1.807) is 0 Å². The first-order valence-corrected chi connectivity index (χ1v) is 19.1. The van der Waals surface area contributed by atoms with Crippen molar-refractivity contribution in [3.05, 3.63) is 194 Å². The van der Waals surface area contributed by atoms with Crippen LogP contribution in [0.15, 0.2) is 199 Å². The Morgan fingerprint density at radius 2 is 1.06 bits per heavy atom. The molecule has 11 aromatic rings. The highest BCUT2D eigenvalue weighted by Gasteiger charge is 2.22. The first-order chi connectivity index (χ1) is 26.8. The number of hydrogen-bond donors (Lipinski definition) is 0. The Bertz CT molecular complexity index is 3140. The fourth-order valence-electron chi connectivity index (χ4n) is 8.17. The summed E-state index contributed by atoms with van der Waals surface area (Å²) in [6.45, 7) is 0. The van der Waals surface area contributed by atoms with Gasteiger partial charge in [-0.1, -0.05) is 133 Å². The quantitative estimate of drug-likeness (QED) is 0.171. The maximum atomic E-state index is 6.73. The Balaban J connectivity index is 1.08. The zero-order valence-corrected chi connectivity index (χ0v) is 30.0. The zero-order valence-electron chi connectivity index (χ0n) is 29.2. The van der Waals surface area contributed by atoms with Crippen molar-refractivity contribution in [2.45, 2.75) is 0 Å². The lowest BCUT2D eigenvalue weighted by Gasteiger charge is -2.26. The summed E-state index contributed by atoms with van der Waals surface area (Å²) >= 11 is 1.86. The van der Waals surface area contributed by atoms with Gasteiger partial charge in [-0.05, 0) is 82.9 Å². The molecule has 0 aliphatic heterocycles. The number of fused-ring (bicyclic) bond motifs is 8. The van der Waals surface area contributed by atoms with E-state index < -0.39 is 0 Å². The Labute approximate surface area is 316 Å². The van der Waals surface area contributed by atoms with Gasteiger partial charge in [0.1, 0.15) is 5.58 Å². The van der Waals surface area contributed by atoms with Gasteiger partial charge in [0.2, 0.25) is 5.71 Å². The molecule has 0 saturated heterocycles. The molecule has 8 aromatic carbocycles. The van der Waals surface area contributed by atoms with Crippen LogP contribution < -0.4 is 4.90 Å². The molecule has 0 atom stereocenters. The molecule has 0 aliphatic rings. The third-order valence-corrected chi connectivity index (χ3v) is 11.8. The van der Waals surface area contributed by atoms with E-state index in [2.05, 4.69) is 204 Å². The third-order valence-electron chi connectivity index (χ3n) is 10.6. The van der Waals surface area contributed by atoms with Gasteiger partial charge in [0.25, 0.3) is 0 Å². The van der Waals surface area contributed by atoms with E-state index in [0.717, 1.165) is 55.8 Å². The number of thiophene rings is 1. The third kappa shape index (κ3) is 4.81. The number of rotatable bonds is 6. The van der Waals surface area contributed by atoms with Gasteiger partial charge in [0.15, 0.2) is 0 Å². The first-order valence-electron chi connectivity index (χ1n) is 18.3. The van der Waals surface area contributed by atoms with Gasteiger partial charge < -0.3 is 9.32 Å². The second kappa shape index (κ2) is 12.4. The molecule has 54 heavy (non-hydrogen) atoms. The van der Waals surface area contributed by atoms with Crippen LogP contribution in [0.4, 0.5) is 17.1 Å². The molecule has 0 spiro atoms. The number of para-hydroxylation sites is 2. The van der Waals surface area contributed by atoms with Gasteiger partial charge in [-0.3, -0.25) is 4.57 Å². The average molecular weight is 709 g/mol. The van der Waals surface area contributed by atoms with Gasteiger partial charge in [-0.25, -0.2) is 0 Å². The molecule has 0 fully saturated rings. The van der Waals surface area contributed by atoms with Crippen LogP contribution in [0.1, 0.15) is 0 Å². The molecule has 11 rings (SSSR count). The minimum Gasteiger partial charge on any atom is -0.439 e. The molecule has 3 heterocycles. The van der Waals surface area contributed by atoms with Crippen LogP contribution in [0, 0.1) is 0 Å². The molecular weight excluding hydrogens is 677 g/mol. The van der Waals surface area contributed by atoms with E-state index in [1.807, 2.05) is 11.3 Å². The molecule has 0 saturated carbocycles. The molecular formula is C50H32N2OS. The standard InChI is InChI=1S/C50H32N2OS/c1-3-13-33(14-4-1)34-25-29-37(30-26-34)51(44-22-11-20-41-40-17-8-10-24-46(40)54-49(41)44)38-31-27-35(28-32-38)39-19-12-23-45-47(39)48-42-18-7-9-21-43(42)52(50(48)53-45)36-15-5-2-6-16-36/h1-32H. The topological polar surface area (TPSA) is 21.3 Å². The maximum absolute atomic E-state index is 6.73. The van der Waals surface area contributed by atoms with Crippen LogP contribution in [0.2, 0.25) is 0 Å². The van der Waals surface area contributed by atoms with E-state index >= 15 is 0 Å². The summed E-state index contributed by atoms with van der Waals surface area (Å²) in [6, 6.07) is 69.5. The lowest BCUT2D eigenvalue weighted by Crippen LogP contribution is -2.10. The summed E-state index contributed by atoms with van der Waals surface area (Å²) < 4.78 is 11.5. The van der Waals surface area contributed by atoms with Crippen molar-refractivity contribution in [1.82, 2.24) is 4.57 Å². The van der Waals surface area contributed by atoms with E-state index in [1.165, 1.54) is 42.4 Å². The van der Waals surface area contributed by atoms with Gasteiger partial charge in [-0.15, -0.1) is 11.3 Å². The Kier molecular flexibility index (Phi) is 7.04. The van der Waals surface area contributed by atoms with Crippen molar-refractivity contribution < 1.29 is 4.42 Å². The van der Waals surface area contributed by atoms with Gasteiger partial charge in [0, 0.05) is 43.3 Å². The molecule has 0 radical (unpaired) electrons. The highest BCUT2D eigenvalue weighted by atomic mass is 32.1. The van der Waals surface area contributed by atoms with Gasteiger partial charge >= 0.3 is 0 Å². The molecule has 0 unspecified atom stereocenters. The monoisotopic (exact) mass is 708 g/mol. The number of aromatic nitrogens is 1. The molecule has 4 heteroatoms. The van der Waals surface area contributed by atoms with E-state index in [4.69, 9.17) is 4.42 Å². The van der Waals surface area contributed by atoms with Crippen molar-refractivity contribution >= 4 is 81.5 Å². The van der Waals surface area contributed by atoms with Gasteiger partial charge in [0.05, 0.1) is 21.3 Å². The largest absolute Gasteiger partial charge is 0.439 e. The SMILES string of the molecule is c1ccc(-c2ccc(N(c3ccc(-c4cccc5oc6c(c7ccccc7n6-c6ccccc6)c45)cc3)c3cccc4c3sc3ccccc34)cc2)cc1. The highest BCUT2D eigenvalue weighted by molar-refractivity contribution is 7.26. The van der Waals surface area contributed by atoms with E-state index in [0.29, 0.717) is 0 Å². The minimum absolute atomic E-state index is 0.864. The molecule has 3 nitrogen and oxygen atoms in total. The van der Waals surface area contributed by atoms with Crippen LogP contribution in [-0.4, -0.2) is 4.57 Å². The molecule has 0 N–H and O–H groups in total. The number of nitrogens with zero attached hydrogens (tertiary/aromatic N) is 2. The normalized spacial score (nSPS) is 11.7. The molecule has 254 valence electrons. The van der Waals surface area contributed by atoms with Crippen LogP contribution in [0.3, 0.4) is 0 Å². The summed E-state index contributed by atoms with van der Waals surface area (Å²) in [4.78, 5) is 2.40. The van der Waals surface area contributed by atoms with Gasteiger partial charge in [-0.2, -0.15) is 0 Å². The Morgan fingerprint density at radius 1 is 0.444 bits per heavy atom. The molecule has 3 aromatic heterocycles. The van der Waals surface area contributed by atoms with Crippen molar-refractivity contribution in [3.8, 4) is 27.9 Å². The Morgan fingerprint density at radius 3 is 1.83 bits per heavy atom. The predicted molar refractivity (Wildman–Crippen MR) is 229 cm³/mol. The summed E-state index contributed by atoms with van der Waals surface area (Å²) in [5, 5.41) is 6.03. The number of anilines is 3.